The Morgan fingerprint density at radius 1 is 1.32 bits per heavy atom. The van der Waals surface area contributed by atoms with Crippen molar-refractivity contribution in [2.45, 2.75) is 46.1 Å². The smallest absolute Gasteiger partial charge is 0.347 e. The topological polar surface area (TPSA) is 66.8 Å². The molecule has 0 aliphatic carbocycles. The average molecular weight is 268 g/mol. The molecule has 1 aromatic carbocycles. The van der Waals surface area contributed by atoms with Gasteiger partial charge >= 0.3 is 5.97 Å². The number of rotatable bonds is 7. The third kappa shape index (κ3) is 4.91. The van der Waals surface area contributed by atoms with E-state index in [4.69, 9.17) is 14.9 Å². The number of aryl methyl sites for hydroxylation is 1. The molecule has 0 aromatic heterocycles. The van der Waals surface area contributed by atoms with Gasteiger partial charge in [0.15, 0.2) is 0 Å². The van der Waals surface area contributed by atoms with Crippen molar-refractivity contribution in [1.82, 2.24) is 0 Å². The van der Waals surface area contributed by atoms with Gasteiger partial charge in [-0.3, -0.25) is 0 Å². The predicted molar refractivity (Wildman–Crippen MR) is 75.5 cm³/mol. The molecule has 108 valence electrons. The first kappa shape index (κ1) is 17.4. The second kappa shape index (κ2) is 7.79. The van der Waals surface area contributed by atoms with Crippen molar-refractivity contribution in [2.24, 2.45) is 0 Å². The highest BCUT2D eigenvalue weighted by Crippen LogP contribution is 2.22. The molecule has 19 heavy (non-hydrogen) atoms. The molecule has 0 spiro atoms. The molecule has 4 heteroatoms. The Hall–Kier alpha value is -1.55. The summed E-state index contributed by atoms with van der Waals surface area (Å²) in [5.41, 5.74) is -0.0861. The molecular weight excluding hydrogens is 244 g/mol. The molecular formula is C15H24O4. The van der Waals surface area contributed by atoms with E-state index in [1.165, 1.54) is 0 Å². The van der Waals surface area contributed by atoms with Gasteiger partial charge in [0, 0.05) is 6.61 Å². The zero-order chi connectivity index (χ0) is 13.6. The van der Waals surface area contributed by atoms with E-state index >= 15 is 0 Å². The summed E-state index contributed by atoms with van der Waals surface area (Å²) in [6, 6.07) is 7.32. The van der Waals surface area contributed by atoms with Crippen molar-refractivity contribution in [2.75, 3.05) is 6.61 Å². The van der Waals surface area contributed by atoms with Crippen LogP contribution in [0.15, 0.2) is 24.3 Å². The Kier molecular flexibility index (Phi) is 7.16. The second-order valence-electron chi connectivity index (χ2n) is 4.46. The van der Waals surface area contributed by atoms with Crippen LogP contribution in [0, 0.1) is 0 Å². The fraction of sp³-hybridized carbons (Fsp3) is 0.533. The highest BCUT2D eigenvalue weighted by molar-refractivity contribution is 5.77. The minimum atomic E-state index is -1.19. The fourth-order valence-corrected chi connectivity index (χ4v) is 1.53. The van der Waals surface area contributed by atoms with Gasteiger partial charge in [0.25, 0.3) is 0 Å². The number of aliphatic carboxylic acids is 1. The van der Waals surface area contributed by atoms with Gasteiger partial charge in [0.1, 0.15) is 5.75 Å². The standard InChI is InChI=1S/C14H20O4.CH4/c1-3-14(2,13(16)17)18-12-8-6-11(7-9-12)5-4-10-15;/h6-9,15H,3-5,10H2,1-2H3,(H,16,17);1H4/t14-;/m1./s1. The maximum atomic E-state index is 11.1. The number of carboxylic acids is 1. The number of aliphatic hydroxyl groups excluding tert-OH is 1. The molecule has 0 amide bonds. The Bertz CT molecular complexity index is 386. The van der Waals surface area contributed by atoms with Crippen molar-refractivity contribution in [3.8, 4) is 5.75 Å². The molecule has 0 saturated heterocycles. The van der Waals surface area contributed by atoms with Crippen LogP contribution < -0.4 is 4.74 Å². The zero-order valence-electron chi connectivity index (χ0n) is 10.8. The summed E-state index contributed by atoms with van der Waals surface area (Å²) in [6.07, 6.45) is 1.93. The SMILES string of the molecule is C.CC[C@@](C)(Oc1ccc(CCCO)cc1)C(=O)O. The molecule has 0 aliphatic rings. The molecule has 0 aliphatic heterocycles. The van der Waals surface area contributed by atoms with Crippen LogP contribution in [-0.4, -0.2) is 28.4 Å². The summed E-state index contributed by atoms with van der Waals surface area (Å²) in [4.78, 5) is 11.1. The van der Waals surface area contributed by atoms with Crippen LogP contribution in [0.4, 0.5) is 0 Å². The number of benzene rings is 1. The number of carboxylic acid groups (broad SMARTS) is 1. The monoisotopic (exact) mass is 268 g/mol. The quantitative estimate of drug-likeness (QED) is 0.798. The maximum absolute atomic E-state index is 11.1. The first-order valence-electron chi connectivity index (χ1n) is 6.14. The number of carbonyl (C=O) groups is 1. The molecule has 0 radical (unpaired) electrons. The van der Waals surface area contributed by atoms with Gasteiger partial charge in [0.05, 0.1) is 0 Å². The van der Waals surface area contributed by atoms with E-state index in [1.54, 1.807) is 26.0 Å². The molecule has 1 aromatic rings. The molecule has 0 fully saturated rings. The normalized spacial score (nSPS) is 13.2. The third-order valence-electron chi connectivity index (χ3n) is 3.02. The van der Waals surface area contributed by atoms with E-state index in [1.807, 2.05) is 12.1 Å². The lowest BCUT2D eigenvalue weighted by molar-refractivity contribution is -0.154. The lowest BCUT2D eigenvalue weighted by Gasteiger charge is -2.24. The van der Waals surface area contributed by atoms with Crippen molar-refractivity contribution in [3.63, 3.8) is 0 Å². The number of hydrogen-bond donors (Lipinski definition) is 2. The summed E-state index contributed by atoms with van der Waals surface area (Å²) in [5.74, 6) is -0.413. The lowest BCUT2D eigenvalue weighted by atomic mass is 10.0. The second-order valence-corrected chi connectivity index (χ2v) is 4.46. The molecule has 0 saturated carbocycles. The largest absolute Gasteiger partial charge is 0.478 e. The minimum absolute atomic E-state index is 0. The summed E-state index contributed by atoms with van der Waals surface area (Å²) >= 11 is 0. The maximum Gasteiger partial charge on any atom is 0.347 e. The zero-order valence-corrected chi connectivity index (χ0v) is 10.8. The highest BCUT2D eigenvalue weighted by Gasteiger charge is 2.33. The number of aliphatic hydroxyl groups is 1. The van der Waals surface area contributed by atoms with Crippen molar-refractivity contribution in [1.29, 1.82) is 0 Å². The van der Waals surface area contributed by atoms with Crippen LogP contribution in [0.5, 0.6) is 5.75 Å². The molecule has 0 unspecified atom stereocenters. The Morgan fingerprint density at radius 3 is 2.32 bits per heavy atom. The van der Waals surface area contributed by atoms with Gasteiger partial charge in [-0.1, -0.05) is 26.5 Å². The van der Waals surface area contributed by atoms with E-state index in [0.717, 1.165) is 18.4 Å². The van der Waals surface area contributed by atoms with Gasteiger partial charge in [-0.05, 0) is 43.9 Å². The van der Waals surface area contributed by atoms with Crippen molar-refractivity contribution in [3.05, 3.63) is 29.8 Å². The van der Waals surface area contributed by atoms with Crippen LogP contribution >= 0.6 is 0 Å². The third-order valence-corrected chi connectivity index (χ3v) is 3.02. The first-order chi connectivity index (χ1) is 8.51. The number of ether oxygens (including phenoxy) is 1. The average Bonchev–Trinajstić information content (AvgIpc) is 2.37. The van der Waals surface area contributed by atoms with E-state index in [0.29, 0.717) is 12.2 Å². The first-order valence-corrected chi connectivity index (χ1v) is 6.14. The summed E-state index contributed by atoms with van der Waals surface area (Å²) in [6.45, 7) is 3.52. The fourth-order valence-electron chi connectivity index (χ4n) is 1.53. The summed E-state index contributed by atoms with van der Waals surface area (Å²) in [5, 5.41) is 17.8. The Labute approximate surface area is 115 Å². The van der Waals surface area contributed by atoms with E-state index in [-0.39, 0.29) is 14.0 Å². The van der Waals surface area contributed by atoms with Gasteiger partial charge in [-0.2, -0.15) is 0 Å². The van der Waals surface area contributed by atoms with Crippen molar-refractivity contribution >= 4 is 5.97 Å². The lowest BCUT2D eigenvalue weighted by Crippen LogP contribution is -2.40. The Balaban J connectivity index is 0.00000324. The number of hydrogen-bond acceptors (Lipinski definition) is 3. The Morgan fingerprint density at radius 2 is 1.89 bits per heavy atom. The van der Waals surface area contributed by atoms with Crippen LogP contribution in [-0.2, 0) is 11.2 Å². The van der Waals surface area contributed by atoms with E-state index in [9.17, 15) is 4.79 Å². The molecule has 2 N–H and O–H groups in total. The van der Waals surface area contributed by atoms with Crippen LogP contribution in [0.2, 0.25) is 0 Å². The van der Waals surface area contributed by atoms with Gasteiger partial charge in [0.2, 0.25) is 5.60 Å². The van der Waals surface area contributed by atoms with E-state index in [2.05, 4.69) is 0 Å². The van der Waals surface area contributed by atoms with Crippen LogP contribution in [0.1, 0.15) is 39.7 Å². The van der Waals surface area contributed by atoms with Gasteiger partial charge < -0.3 is 14.9 Å². The molecule has 1 atom stereocenters. The highest BCUT2D eigenvalue weighted by atomic mass is 16.5. The molecule has 4 nitrogen and oxygen atoms in total. The van der Waals surface area contributed by atoms with Crippen LogP contribution in [0.25, 0.3) is 0 Å². The summed E-state index contributed by atoms with van der Waals surface area (Å²) in [7, 11) is 0. The van der Waals surface area contributed by atoms with E-state index < -0.39 is 11.6 Å². The molecule has 0 bridgehead atoms. The van der Waals surface area contributed by atoms with Gasteiger partial charge in [-0.25, -0.2) is 4.79 Å². The minimum Gasteiger partial charge on any atom is -0.478 e. The molecule has 0 heterocycles. The van der Waals surface area contributed by atoms with Crippen molar-refractivity contribution < 1.29 is 19.7 Å². The van der Waals surface area contributed by atoms with Gasteiger partial charge in [-0.15, -0.1) is 0 Å². The molecule has 1 rings (SSSR count). The summed E-state index contributed by atoms with van der Waals surface area (Å²) < 4.78 is 5.52. The van der Waals surface area contributed by atoms with Crippen LogP contribution in [0.3, 0.4) is 0 Å². The predicted octanol–water partition coefficient (Wildman–Crippen LogP) is 2.88.